The largest absolute Gasteiger partial charge is 0.394 e. The van der Waals surface area contributed by atoms with E-state index in [2.05, 4.69) is 4.72 Å². The number of sulfonamides is 1. The Hall–Kier alpha value is -0.950. The lowest BCUT2D eigenvalue weighted by Crippen LogP contribution is -2.54. The van der Waals surface area contributed by atoms with Crippen LogP contribution in [-0.4, -0.2) is 38.9 Å². The number of aryl methyl sites for hydroxylation is 2. The molecule has 5 nitrogen and oxygen atoms in total. The summed E-state index contributed by atoms with van der Waals surface area (Å²) in [6, 6.07) is 5.33. The van der Waals surface area contributed by atoms with Crippen LogP contribution in [0.4, 0.5) is 0 Å². The van der Waals surface area contributed by atoms with Crippen molar-refractivity contribution in [1.29, 1.82) is 0 Å². The minimum absolute atomic E-state index is 0.222. The molecular formula is C14H21NO4S. The number of rotatable bonds is 4. The molecule has 0 atom stereocenters. The van der Waals surface area contributed by atoms with Gasteiger partial charge < -0.3 is 9.84 Å². The summed E-state index contributed by atoms with van der Waals surface area (Å²) >= 11 is 0. The Morgan fingerprint density at radius 2 is 1.95 bits per heavy atom. The molecule has 1 aromatic carbocycles. The maximum Gasteiger partial charge on any atom is 0.241 e. The SMILES string of the molecule is Cc1ccc(C)c(S(=O)(=O)NC2(CO)CCOCC2)c1. The number of ether oxygens (including phenoxy) is 1. The van der Waals surface area contributed by atoms with Gasteiger partial charge in [-0.05, 0) is 43.9 Å². The van der Waals surface area contributed by atoms with Gasteiger partial charge in [0, 0.05) is 13.2 Å². The number of hydrogen-bond acceptors (Lipinski definition) is 4. The van der Waals surface area contributed by atoms with Gasteiger partial charge in [0.25, 0.3) is 0 Å². The molecule has 20 heavy (non-hydrogen) atoms. The van der Waals surface area contributed by atoms with E-state index < -0.39 is 15.6 Å². The van der Waals surface area contributed by atoms with Gasteiger partial charge in [-0.3, -0.25) is 0 Å². The highest BCUT2D eigenvalue weighted by atomic mass is 32.2. The average molecular weight is 299 g/mol. The molecule has 2 rings (SSSR count). The molecule has 1 fully saturated rings. The van der Waals surface area contributed by atoms with Crippen LogP contribution in [-0.2, 0) is 14.8 Å². The van der Waals surface area contributed by atoms with Crippen LogP contribution in [0.2, 0.25) is 0 Å². The maximum absolute atomic E-state index is 12.6. The highest BCUT2D eigenvalue weighted by Gasteiger charge is 2.36. The zero-order valence-electron chi connectivity index (χ0n) is 11.8. The minimum atomic E-state index is -3.65. The van der Waals surface area contributed by atoms with E-state index in [1.807, 2.05) is 13.0 Å². The molecule has 6 heteroatoms. The standard InChI is InChI=1S/C14H21NO4S/c1-11-3-4-12(2)13(9-11)20(17,18)15-14(10-16)5-7-19-8-6-14/h3-4,9,15-16H,5-8,10H2,1-2H3. The third-order valence-corrected chi connectivity index (χ3v) is 5.46. The third kappa shape index (κ3) is 3.20. The first-order chi connectivity index (χ1) is 9.38. The van der Waals surface area contributed by atoms with Crippen LogP contribution in [0.25, 0.3) is 0 Å². The quantitative estimate of drug-likeness (QED) is 0.873. The first-order valence-corrected chi connectivity index (χ1v) is 8.17. The van der Waals surface area contributed by atoms with Gasteiger partial charge in [0.05, 0.1) is 17.0 Å². The van der Waals surface area contributed by atoms with Crippen LogP contribution >= 0.6 is 0 Å². The first kappa shape index (κ1) is 15.4. The van der Waals surface area contributed by atoms with Gasteiger partial charge in [0.1, 0.15) is 0 Å². The summed E-state index contributed by atoms with van der Waals surface area (Å²) in [5, 5.41) is 9.59. The number of aliphatic hydroxyl groups excluding tert-OH is 1. The topological polar surface area (TPSA) is 75.6 Å². The molecule has 0 aromatic heterocycles. The predicted molar refractivity (Wildman–Crippen MR) is 76.1 cm³/mol. The highest BCUT2D eigenvalue weighted by Crippen LogP contribution is 2.25. The summed E-state index contributed by atoms with van der Waals surface area (Å²) in [6.45, 7) is 4.31. The van der Waals surface area contributed by atoms with E-state index >= 15 is 0 Å². The number of aliphatic hydroxyl groups is 1. The fourth-order valence-corrected chi connectivity index (χ4v) is 4.17. The van der Waals surface area contributed by atoms with Crippen molar-refractivity contribution in [3.05, 3.63) is 29.3 Å². The maximum atomic E-state index is 12.6. The molecule has 0 bridgehead atoms. The Balaban J connectivity index is 2.32. The smallest absolute Gasteiger partial charge is 0.241 e. The Morgan fingerprint density at radius 3 is 2.55 bits per heavy atom. The summed E-state index contributed by atoms with van der Waals surface area (Å²) in [6.07, 6.45) is 0.960. The molecule has 0 saturated carbocycles. The molecule has 1 aliphatic rings. The lowest BCUT2D eigenvalue weighted by Gasteiger charge is -2.36. The van der Waals surface area contributed by atoms with E-state index in [1.165, 1.54) is 0 Å². The van der Waals surface area contributed by atoms with Crippen LogP contribution < -0.4 is 4.72 Å². The monoisotopic (exact) mass is 299 g/mol. The molecule has 1 aromatic rings. The van der Waals surface area contributed by atoms with Crippen molar-refractivity contribution in [2.75, 3.05) is 19.8 Å². The Kier molecular flexibility index (Phi) is 4.49. The minimum Gasteiger partial charge on any atom is -0.394 e. The van der Waals surface area contributed by atoms with Gasteiger partial charge in [-0.15, -0.1) is 0 Å². The summed E-state index contributed by atoms with van der Waals surface area (Å²) in [5.74, 6) is 0. The number of nitrogens with one attached hydrogen (secondary N) is 1. The van der Waals surface area contributed by atoms with E-state index in [9.17, 15) is 13.5 Å². The Labute approximate surface area is 120 Å². The molecule has 1 heterocycles. The van der Waals surface area contributed by atoms with Crippen molar-refractivity contribution >= 4 is 10.0 Å². The normalized spacial score (nSPS) is 18.9. The lowest BCUT2D eigenvalue weighted by atomic mass is 9.93. The second-order valence-corrected chi connectivity index (χ2v) is 7.08. The zero-order valence-corrected chi connectivity index (χ0v) is 12.7. The Bertz CT molecular complexity index is 577. The van der Waals surface area contributed by atoms with Crippen LogP contribution in [0.1, 0.15) is 24.0 Å². The van der Waals surface area contributed by atoms with Gasteiger partial charge in [-0.1, -0.05) is 12.1 Å². The molecule has 1 aliphatic heterocycles. The van der Waals surface area contributed by atoms with Crippen LogP contribution in [0.3, 0.4) is 0 Å². The van der Waals surface area contributed by atoms with Crippen LogP contribution in [0.5, 0.6) is 0 Å². The van der Waals surface area contributed by atoms with Crippen LogP contribution in [0, 0.1) is 13.8 Å². The van der Waals surface area contributed by atoms with Crippen molar-refractivity contribution in [1.82, 2.24) is 4.72 Å². The third-order valence-electron chi connectivity index (χ3n) is 3.74. The molecule has 0 spiro atoms. The molecule has 0 amide bonds. The summed E-state index contributed by atoms with van der Waals surface area (Å²) in [4.78, 5) is 0.275. The second-order valence-electron chi connectivity index (χ2n) is 5.43. The van der Waals surface area contributed by atoms with Gasteiger partial charge in [-0.25, -0.2) is 13.1 Å². The molecule has 112 valence electrons. The van der Waals surface area contributed by atoms with E-state index in [-0.39, 0.29) is 11.5 Å². The summed E-state index contributed by atoms with van der Waals surface area (Å²) < 4.78 is 33.1. The van der Waals surface area contributed by atoms with Crippen LogP contribution in [0.15, 0.2) is 23.1 Å². The van der Waals surface area contributed by atoms with Crippen molar-refractivity contribution in [3.63, 3.8) is 0 Å². The molecule has 1 saturated heterocycles. The summed E-state index contributed by atoms with van der Waals surface area (Å²) in [5.41, 5.74) is 0.775. The van der Waals surface area contributed by atoms with E-state index in [0.717, 1.165) is 5.56 Å². The zero-order chi connectivity index (χ0) is 14.8. The Morgan fingerprint density at radius 1 is 1.30 bits per heavy atom. The lowest BCUT2D eigenvalue weighted by molar-refractivity contribution is 0.0223. The first-order valence-electron chi connectivity index (χ1n) is 6.68. The average Bonchev–Trinajstić information content (AvgIpc) is 2.42. The molecule has 0 unspecified atom stereocenters. The van der Waals surface area contributed by atoms with Crippen molar-refractivity contribution in [2.45, 2.75) is 37.1 Å². The fourth-order valence-electron chi connectivity index (χ4n) is 2.39. The molecule has 0 radical (unpaired) electrons. The second kappa shape index (κ2) is 5.81. The van der Waals surface area contributed by atoms with E-state index in [1.54, 1.807) is 19.1 Å². The van der Waals surface area contributed by atoms with Gasteiger partial charge in [0.15, 0.2) is 0 Å². The van der Waals surface area contributed by atoms with E-state index in [0.29, 0.717) is 31.6 Å². The van der Waals surface area contributed by atoms with Crippen molar-refractivity contribution < 1.29 is 18.3 Å². The van der Waals surface area contributed by atoms with Crippen molar-refractivity contribution in [3.8, 4) is 0 Å². The molecule has 2 N–H and O–H groups in total. The van der Waals surface area contributed by atoms with E-state index in [4.69, 9.17) is 4.74 Å². The summed E-state index contributed by atoms with van der Waals surface area (Å²) in [7, 11) is -3.65. The molecular weight excluding hydrogens is 278 g/mol. The van der Waals surface area contributed by atoms with Crippen molar-refractivity contribution in [2.24, 2.45) is 0 Å². The number of hydrogen-bond donors (Lipinski definition) is 2. The number of benzene rings is 1. The highest BCUT2D eigenvalue weighted by molar-refractivity contribution is 7.89. The molecule has 0 aliphatic carbocycles. The fraction of sp³-hybridized carbons (Fsp3) is 0.571. The predicted octanol–water partition coefficient (Wildman–Crippen LogP) is 1.12. The van der Waals surface area contributed by atoms with Gasteiger partial charge in [-0.2, -0.15) is 0 Å². The van der Waals surface area contributed by atoms with Gasteiger partial charge >= 0.3 is 0 Å². The van der Waals surface area contributed by atoms with Gasteiger partial charge in [0.2, 0.25) is 10.0 Å².